The van der Waals surface area contributed by atoms with E-state index in [9.17, 15) is 4.79 Å². The monoisotopic (exact) mass is 257 g/mol. The quantitative estimate of drug-likeness (QED) is 0.743. The van der Waals surface area contributed by atoms with Gasteiger partial charge in [0, 0.05) is 24.5 Å². The van der Waals surface area contributed by atoms with Crippen molar-refractivity contribution in [1.29, 1.82) is 0 Å². The van der Waals surface area contributed by atoms with Crippen molar-refractivity contribution in [3.05, 3.63) is 54.4 Å². The third kappa shape index (κ3) is 3.98. The van der Waals surface area contributed by atoms with Crippen LogP contribution in [0.15, 0.2) is 48.8 Å². The summed E-state index contributed by atoms with van der Waals surface area (Å²) in [6.45, 7) is 2.29. The van der Waals surface area contributed by atoms with E-state index in [4.69, 9.17) is 4.74 Å². The molecule has 2 rings (SSSR count). The molecule has 2 aromatic rings. The van der Waals surface area contributed by atoms with Gasteiger partial charge in [-0.05, 0) is 49.6 Å². The molecule has 0 radical (unpaired) electrons. The minimum atomic E-state index is -0.105. The number of aromatic nitrogens is 1. The molecule has 1 aromatic heterocycles. The van der Waals surface area contributed by atoms with E-state index in [2.05, 4.69) is 28.8 Å². The summed E-state index contributed by atoms with van der Waals surface area (Å²) in [6, 6.07) is 12.4. The molecule has 0 atom stereocenters. The highest BCUT2D eigenvalue weighted by atomic mass is 16.5. The number of hydrogen-bond donors (Lipinski definition) is 0. The molecule has 0 saturated carbocycles. The van der Waals surface area contributed by atoms with Crippen LogP contribution in [-0.2, 0) is 16.0 Å². The van der Waals surface area contributed by atoms with Gasteiger partial charge in [-0.3, -0.25) is 4.79 Å². The van der Waals surface area contributed by atoms with Crippen molar-refractivity contribution in [2.24, 2.45) is 0 Å². The molecule has 3 heteroatoms. The Bertz CT molecular complexity index is 500. The molecule has 0 unspecified atom stereocenters. The topological polar surface area (TPSA) is 31.2 Å². The van der Waals surface area contributed by atoms with E-state index in [-0.39, 0.29) is 5.97 Å². The van der Waals surface area contributed by atoms with Crippen molar-refractivity contribution < 1.29 is 9.53 Å². The van der Waals surface area contributed by atoms with Gasteiger partial charge in [0.2, 0.25) is 0 Å². The first-order chi connectivity index (χ1) is 9.29. The number of carbonyl (C=O) groups is 1. The number of esters is 1. The lowest BCUT2D eigenvalue weighted by Crippen LogP contribution is -2.04. The second-order valence-corrected chi connectivity index (χ2v) is 4.42. The molecule has 0 aliphatic carbocycles. The lowest BCUT2D eigenvalue weighted by atomic mass is 10.1. The van der Waals surface area contributed by atoms with E-state index >= 15 is 0 Å². The fourth-order valence-corrected chi connectivity index (χ4v) is 2.01. The van der Waals surface area contributed by atoms with E-state index < -0.39 is 0 Å². The average molecular weight is 257 g/mol. The van der Waals surface area contributed by atoms with Crippen LogP contribution in [0.3, 0.4) is 0 Å². The third-order valence-electron chi connectivity index (χ3n) is 2.99. The van der Waals surface area contributed by atoms with Crippen LogP contribution in [0.5, 0.6) is 0 Å². The molecule has 0 N–H and O–H groups in total. The van der Waals surface area contributed by atoms with Gasteiger partial charge in [-0.25, -0.2) is 0 Å². The molecule has 1 heterocycles. The molecule has 0 aliphatic rings. The first-order valence-electron chi connectivity index (χ1n) is 6.67. The van der Waals surface area contributed by atoms with Gasteiger partial charge in [0.25, 0.3) is 0 Å². The summed E-state index contributed by atoms with van der Waals surface area (Å²) in [5, 5.41) is 0. The summed E-state index contributed by atoms with van der Waals surface area (Å²) in [6.07, 6.45) is 6.28. The summed E-state index contributed by atoms with van der Waals surface area (Å²) < 4.78 is 6.98. The summed E-state index contributed by atoms with van der Waals surface area (Å²) in [5.74, 6) is -0.105. The SMILES string of the molecule is CCOC(=O)CCCc1ccc(-n2cccc2)cc1. The summed E-state index contributed by atoms with van der Waals surface area (Å²) >= 11 is 0. The maximum atomic E-state index is 11.2. The standard InChI is InChI=1S/C16H19NO2/c1-2-19-16(18)7-5-6-14-8-10-15(11-9-14)17-12-3-4-13-17/h3-4,8-13H,2,5-7H2,1H3. The van der Waals surface area contributed by atoms with Crippen LogP contribution in [0.2, 0.25) is 0 Å². The Balaban J connectivity index is 1.84. The first kappa shape index (κ1) is 13.4. The summed E-state index contributed by atoms with van der Waals surface area (Å²) in [4.78, 5) is 11.2. The molecule has 0 fully saturated rings. The molecule has 0 amide bonds. The number of benzene rings is 1. The Kier molecular flexibility index (Phi) is 4.78. The lowest BCUT2D eigenvalue weighted by molar-refractivity contribution is -0.143. The number of carbonyl (C=O) groups excluding carboxylic acids is 1. The molecule has 0 spiro atoms. The fourth-order valence-electron chi connectivity index (χ4n) is 2.01. The van der Waals surface area contributed by atoms with Crippen LogP contribution >= 0.6 is 0 Å². The third-order valence-corrected chi connectivity index (χ3v) is 2.99. The Labute approximate surface area is 113 Å². The van der Waals surface area contributed by atoms with Gasteiger partial charge >= 0.3 is 5.97 Å². The number of ether oxygens (including phenoxy) is 1. The van der Waals surface area contributed by atoms with Gasteiger partial charge in [0.1, 0.15) is 0 Å². The van der Waals surface area contributed by atoms with E-state index in [1.807, 2.05) is 31.5 Å². The molecule has 0 bridgehead atoms. The van der Waals surface area contributed by atoms with Crippen molar-refractivity contribution in [2.45, 2.75) is 26.2 Å². The van der Waals surface area contributed by atoms with E-state index in [0.717, 1.165) is 18.5 Å². The van der Waals surface area contributed by atoms with Crippen LogP contribution in [0.25, 0.3) is 5.69 Å². The highest BCUT2D eigenvalue weighted by Gasteiger charge is 2.02. The maximum absolute atomic E-state index is 11.2. The van der Waals surface area contributed by atoms with Gasteiger partial charge in [-0.15, -0.1) is 0 Å². The predicted molar refractivity (Wildman–Crippen MR) is 75.3 cm³/mol. The van der Waals surface area contributed by atoms with E-state index in [0.29, 0.717) is 13.0 Å². The van der Waals surface area contributed by atoms with Gasteiger partial charge < -0.3 is 9.30 Å². The minimum Gasteiger partial charge on any atom is -0.466 e. The van der Waals surface area contributed by atoms with Gasteiger partial charge in [0.15, 0.2) is 0 Å². The van der Waals surface area contributed by atoms with Gasteiger partial charge in [-0.2, -0.15) is 0 Å². The van der Waals surface area contributed by atoms with Crippen molar-refractivity contribution in [1.82, 2.24) is 4.57 Å². The maximum Gasteiger partial charge on any atom is 0.305 e. The molecule has 0 aliphatic heterocycles. The second-order valence-electron chi connectivity index (χ2n) is 4.42. The van der Waals surface area contributed by atoms with Crippen LogP contribution in [0.4, 0.5) is 0 Å². The summed E-state index contributed by atoms with van der Waals surface area (Å²) in [5.41, 5.74) is 2.40. The molecule has 0 saturated heterocycles. The predicted octanol–water partition coefficient (Wildman–Crippen LogP) is 3.36. The highest BCUT2D eigenvalue weighted by Crippen LogP contribution is 2.12. The molecule has 3 nitrogen and oxygen atoms in total. The Morgan fingerprint density at radius 1 is 1.16 bits per heavy atom. The first-order valence-corrected chi connectivity index (χ1v) is 6.67. The zero-order valence-corrected chi connectivity index (χ0v) is 11.2. The number of rotatable bonds is 6. The van der Waals surface area contributed by atoms with Gasteiger partial charge in [-0.1, -0.05) is 12.1 Å². The van der Waals surface area contributed by atoms with Crippen molar-refractivity contribution in [3.8, 4) is 5.69 Å². The Hall–Kier alpha value is -2.03. The van der Waals surface area contributed by atoms with Crippen LogP contribution in [0, 0.1) is 0 Å². The number of aryl methyl sites for hydroxylation is 1. The molecular weight excluding hydrogens is 238 g/mol. The van der Waals surface area contributed by atoms with Crippen LogP contribution in [0.1, 0.15) is 25.3 Å². The fraction of sp³-hybridized carbons (Fsp3) is 0.312. The molecular formula is C16H19NO2. The number of hydrogen-bond acceptors (Lipinski definition) is 2. The Morgan fingerprint density at radius 3 is 2.47 bits per heavy atom. The average Bonchev–Trinajstić information content (AvgIpc) is 2.94. The van der Waals surface area contributed by atoms with Crippen LogP contribution in [-0.4, -0.2) is 17.1 Å². The smallest absolute Gasteiger partial charge is 0.305 e. The van der Waals surface area contributed by atoms with Crippen molar-refractivity contribution in [3.63, 3.8) is 0 Å². The van der Waals surface area contributed by atoms with Crippen molar-refractivity contribution in [2.75, 3.05) is 6.61 Å². The van der Waals surface area contributed by atoms with Gasteiger partial charge in [0.05, 0.1) is 6.61 Å². The second kappa shape index (κ2) is 6.78. The zero-order chi connectivity index (χ0) is 13.5. The van der Waals surface area contributed by atoms with E-state index in [1.165, 1.54) is 5.56 Å². The minimum absolute atomic E-state index is 0.105. The largest absolute Gasteiger partial charge is 0.466 e. The molecule has 1 aromatic carbocycles. The van der Waals surface area contributed by atoms with E-state index in [1.54, 1.807) is 0 Å². The lowest BCUT2D eigenvalue weighted by Gasteiger charge is -2.05. The highest BCUT2D eigenvalue weighted by molar-refractivity contribution is 5.69. The zero-order valence-electron chi connectivity index (χ0n) is 11.2. The normalized spacial score (nSPS) is 10.4. The van der Waals surface area contributed by atoms with Crippen LogP contribution < -0.4 is 0 Å². The molecule has 19 heavy (non-hydrogen) atoms. The molecule has 100 valence electrons. The summed E-state index contributed by atoms with van der Waals surface area (Å²) in [7, 11) is 0. The Morgan fingerprint density at radius 2 is 1.84 bits per heavy atom. The van der Waals surface area contributed by atoms with Crippen molar-refractivity contribution >= 4 is 5.97 Å². The number of nitrogens with zero attached hydrogens (tertiary/aromatic N) is 1.